The summed E-state index contributed by atoms with van der Waals surface area (Å²) in [5, 5.41) is 6.02. The van der Waals surface area contributed by atoms with E-state index in [0.717, 1.165) is 5.56 Å². The van der Waals surface area contributed by atoms with Crippen molar-refractivity contribution in [1.29, 1.82) is 0 Å². The van der Waals surface area contributed by atoms with Crippen LogP contribution in [0.2, 0.25) is 5.02 Å². The van der Waals surface area contributed by atoms with Crippen molar-refractivity contribution in [3.63, 3.8) is 0 Å². The van der Waals surface area contributed by atoms with E-state index in [2.05, 4.69) is 10.6 Å². The van der Waals surface area contributed by atoms with E-state index in [4.69, 9.17) is 33.3 Å². The van der Waals surface area contributed by atoms with Gasteiger partial charge in [-0.15, -0.1) is 0 Å². The van der Waals surface area contributed by atoms with Gasteiger partial charge in [0.1, 0.15) is 25.0 Å². The predicted octanol–water partition coefficient (Wildman–Crippen LogP) is 2.10. The van der Waals surface area contributed by atoms with Gasteiger partial charge in [-0.25, -0.2) is 0 Å². The molecule has 2 aromatic carbocycles. The molecule has 1 unspecified atom stereocenters. The van der Waals surface area contributed by atoms with E-state index in [1.165, 1.54) is 4.90 Å². The van der Waals surface area contributed by atoms with Crippen molar-refractivity contribution >= 4 is 46.7 Å². The molecule has 2 N–H and O–H groups in total. The Bertz CT molecular complexity index is 987. The normalized spacial score (nSPS) is 15.4. The van der Waals surface area contributed by atoms with E-state index in [0.29, 0.717) is 23.9 Å². The molecule has 33 heavy (non-hydrogen) atoms. The molecule has 10 heteroatoms. The van der Waals surface area contributed by atoms with Crippen molar-refractivity contribution in [2.24, 2.45) is 0 Å². The van der Waals surface area contributed by atoms with Crippen LogP contribution in [-0.4, -0.2) is 60.1 Å². The minimum Gasteiger partial charge on any atom is -0.490 e. The van der Waals surface area contributed by atoms with Gasteiger partial charge in [0.25, 0.3) is 0 Å². The van der Waals surface area contributed by atoms with Crippen molar-refractivity contribution in [2.45, 2.75) is 18.9 Å². The molecule has 1 fully saturated rings. The average Bonchev–Trinajstić information content (AvgIpc) is 2.80. The Hall–Kier alpha value is -3.17. The highest BCUT2D eigenvalue weighted by Gasteiger charge is 2.34. The first-order valence-electron chi connectivity index (χ1n) is 10.4. The fraction of sp³-hybridized carbons (Fsp3) is 0.304. The largest absolute Gasteiger partial charge is 0.490 e. The summed E-state index contributed by atoms with van der Waals surface area (Å²) >= 11 is 11.2. The number of hydrogen-bond donors (Lipinski definition) is 2. The number of halogens is 1. The van der Waals surface area contributed by atoms with Gasteiger partial charge in [-0.3, -0.25) is 14.4 Å². The minimum absolute atomic E-state index is 0.0460. The highest BCUT2D eigenvalue weighted by molar-refractivity contribution is 7.80. The van der Waals surface area contributed by atoms with E-state index < -0.39 is 12.0 Å². The van der Waals surface area contributed by atoms with Gasteiger partial charge in [0, 0.05) is 18.1 Å². The number of esters is 1. The topological polar surface area (TPSA) is 97.0 Å². The monoisotopic (exact) mass is 489 g/mol. The Kier molecular flexibility index (Phi) is 9.03. The molecule has 1 aliphatic rings. The first-order chi connectivity index (χ1) is 15.9. The van der Waals surface area contributed by atoms with Crippen LogP contribution < -0.4 is 15.4 Å². The van der Waals surface area contributed by atoms with Crippen molar-refractivity contribution in [1.82, 2.24) is 15.5 Å². The number of benzene rings is 2. The van der Waals surface area contributed by atoms with E-state index in [9.17, 15) is 14.4 Å². The van der Waals surface area contributed by atoms with Gasteiger partial charge in [-0.05, 0) is 42.0 Å². The zero-order valence-corrected chi connectivity index (χ0v) is 19.4. The van der Waals surface area contributed by atoms with Crippen LogP contribution in [-0.2, 0) is 25.5 Å². The van der Waals surface area contributed by atoms with E-state index in [-0.39, 0.29) is 43.0 Å². The Morgan fingerprint density at radius 1 is 1.12 bits per heavy atom. The van der Waals surface area contributed by atoms with Crippen LogP contribution in [0.5, 0.6) is 5.75 Å². The maximum atomic E-state index is 12.4. The Labute approximate surface area is 202 Å². The molecule has 0 saturated carbocycles. The molecule has 3 rings (SSSR count). The molecule has 1 aliphatic heterocycles. The van der Waals surface area contributed by atoms with Gasteiger partial charge in [0.15, 0.2) is 5.11 Å². The Morgan fingerprint density at radius 3 is 2.58 bits per heavy atom. The number of rotatable bonds is 8. The van der Waals surface area contributed by atoms with Crippen molar-refractivity contribution in [3.05, 3.63) is 65.2 Å². The second-order valence-electron chi connectivity index (χ2n) is 7.24. The molecule has 2 amide bonds. The second-order valence-corrected chi connectivity index (χ2v) is 8.07. The molecule has 1 atom stereocenters. The van der Waals surface area contributed by atoms with Crippen molar-refractivity contribution in [3.8, 4) is 5.75 Å². The molecule has 2 aromatic rings. The van der Waals surface area contributed by atoms with Crippen molar-refractivity contribution < 1.29 is 23.9 Å². The molecular formula is C23H24ClN3O5S. The lowest BCUT2D eigenvalue weighted by molar-refractivity contribution is -0.148. The number of carbonyl (C=O) groups is 3. The zero-order chi connectivity index (χ0) is 23.6. The number of nitrogens with zero attached hydrogens (tertiary/aromatic N) is 1. The molecule has 0 spiro atoms. The second kappa shape index (κ2) is 12.2. The molecule has 0 aromatic heterocycles. The molecule has 174 valence electrons. The lowest BCUT2D eigenvalue weighted by Gasteiger charge is -2.36. The van der Waals surface area contributed by atoms with Gasteiger partial charge in [0.05, 0.1) is 12.8 Å². The quantitative estimate of drug-likeness (QED) is 0.333. The number of ether oxygens (including phenoxy) is 2. The third kappa shape index (κ3) is 7.73. The molecule has 8 nitrogen and oxygen atoms in total. The number of para-hydroxylation sites is 1. The van der Waals surface area contributed by atoms with Crippen LogP contribution in [0.25, 0.3) is 0 Å². The first kappa shape index (κ1) is 24.5. The first-order valence-corrected chi connectivity index (χ1v) is 11.2. The predicted molar refractivity (Wildman–Crippen MR) is 127 cm³/mol. The standard InChI is InChI=1S/C23H24ClN3O5S/c24-17-8-6-16(7-9-17)14-20(28)26-23(33)27-11-10-25-22(30)19(27)15-21(29)32-13-12-31-18-4-2-1-3-5-18/h1-9,19H,10-15H2,(H,25,30)(H,26,28,33). The lowest BCUT2D eigenvalue weighted by atomic mass is 10.1. The Balaban J connectivity index is 1.48. The molecule has 0 bridgehead atoms. The fourth-order valence-electron chi connectivity index (χ4n) is 3.23. The zero-order valence-electron chi connectivity index (χ0n) is 17.8. The molecular weight excluding hydrogens is 466 g/mol. The van der Waals surface area contributed by atoms with Gasteiger partial charge in [-0.1, -0.05) is 41.9 Å². The molecule has 1 saturated heterocycles. The van der Waals surface area contributed by atoms with Crippen LogP contribution in [0.4, 0.5) is 0 Å². The third-order valence-corrected chi connectivity index (χ3v) is 5.42. The average molecular weight is 490 g/mol. The van der Waals surface area contributed by atoms with Crippen LogP contribution in [0.15, 0.2) is 54.6 Å². The molecule has 1 heterocycles. The minimum atomic E-state index is -0.871. The number of carbonyl (C=O) groups excluding carboxylic acids is 3. The van der Waals surface area contributed by atoms with Crippen LogP contribution >= 0.6 is 23.8 Å². The summed E-state index contributed by atoms with van der Waals surface area (Å²) in [6.45, 7) is 0.948. The maximum Gasteiger partial charge on any atom is 0.308 e. The maximum absolute atomic E-state index is 12.4. The summed E-state index contributed by atoms with van der Waals surface area (Å²) in [6, 6.07) is 15.2. The fourth-order valence-corrected chi connectivity index (χ4v) is 3.69. The summed E-state index contributed by atoms with van der Waals surface area (Å²) in [7, 11) is 0. The SMILES string of the molecule is O=C(Cc1ccc(Cl)cc1)NC(=S)N1CCNC(=O)C1CC(=O)OCCOc1ccccc1. The van der Waals surface area contributed by atoms with Crippen LogP contribution in [0.3, 0.4) is 0 Å². The molecule has 0 aliphatic carbocycles. The summed E-state index contributed by atoms with van der Waals surface area (Å²) < 4.78 is 10.7. The van der Waals surface area contributed by atoms with Gasteiger partial charge in [-0.2, -0.15) is 0 Å². The lowest BCUT2D eigenvalue weighted by Crippen LogP contribution is -2.60. The summed E-state index contributed by atoms with van der Waals surface area (Å²) in [5.74, 6) is -0.569. The number of nitrogens with one attached hydrogen (secondary N) is 2. The number of piperazine rings is 1. The number of hydrogen-bond acceptors (Lipinski definition) is 6. The summed E-state index contributed by atoms with van der Waals surface area (Å²) in [4.78, 5) is 38.6. The van der Waals surface area contributed by atoms with E-state index >= 15 is 0 Å². The highest BCUT2D eigenvalue weighted by atomic mass is 35.5. The van der Waals surface area contributed by atoms with Gasteiger partial charge in [0.2, 0.25) is 11.8 Å². The van der Waals surface area contributed by atoms with Gasteiger partial charge < -0.3 is 25.0 Å². The summed E-state index contributed by atoms with van der Waals surface area (Å²) in [5.41, 5.74) is 0.772. The Morgan fingerprint density at radius 2 is 1.85 bits per heavy atom. The number of amides is 2. The van der Waals surface area contributed by atoms with E-state index in [1.807, 2.05) is 18.2 Å². The van der Waals surface area contributed by atoms with Crippen LogP contribution in [0.1, 0.15) is 12.0 Å². The smallest absolute Gasteiger partial charge is 0.308 e. The van der Waals surface area contributed by atoms with E-state index in [1.54, 1.807) is 36.4 Å². The molecule has 0 radical (unpaired) electrons. The van der Waals surface area contributed by atoms with Crippen molar-refractivity contribution in [2.75, 3.05) is 26.3 Å². The van der Waals surface area contributed by atoms with Crippen LogP contribution in [0, 0.1) is 0 Å². The number of thiocarbonyl (C=S) groups is 1. The van der Waals surface area contributed by atoms with Gasteiger partial charge >= 0.3 is 5.97 Å². The highest BCUT2D eigenvalue weighted by Crippen LogP contribution is 2.13. The summed E-state index contributed by atoms with van der Waals surface area (Å²) in [6.07, 6.45) is -0.101. The third-order valence-electron chi connectivity index (χ3n) is 4.83.